The zero-order valence-corrected chi connectivity index (χ0v) is 11.4. The molecular weight excluding hydrogens is 224 g/mol. The van der Waals surface area contributed by atoms with Crippen LogP contribution < -0.4 is 0 Å². The molecule has 100 valence electrons. The molecule has 0 aromatic carbocycles. The second kappa shape index (κ2) is 8.04. The Balaban J connectivity index is 2.42. The summed E-state index contributed by atoms with van der Waals surface area (Å²) < 4.78 is 0. The molecule has 0 aliphatic heterocycles. The lowest BCUT2D eigenvalue weighted by Gasteiger charge is -2.13. The van der Waals surface area contributed by atoms with Gasteiger partial charge in [0.15, 0.2) is 5.78 Å². The highest BCUT2D eigenvalue weighted by molar-refractivity contribution is 5.95. The number of carbonyl (C=O) groups excluding carboxylic acids is 1. The van der Waals surface area contributed by atoms with E-state index in [2.05, 4.69) is 26.0 Å². The van der Waals surface area contributed by atoms with E-state index < -0.39 is 6.10 Å². The summed E-state index contributed by atoms with van der Waals surface area (Å²) in [6, 6.07) is 0. The molecule has 0 saturated carbocycles. The number of rotatable bonds is 7. The van der Waals surface area contributed by atoms with Gasteiger partial charge in [0, 0.05) is 0 Å². The van der Waals surface area contributed by atoms with E-state index in [-0.39, 0.29) is 11.7 Å². The number of ketones is 1. The SMILES string of the molecule is CC/C=C\C/C=C/C(O)C1CC(CCC)=CC1=O. The van der Waals surface area contributed by atoms with Crippen molar-refractivity contribution in [1.29, 1.82) is 0 Å². The summed E-state index contributed by atoms with van der Waals surface area (Å²) in [4.78, 5) is 11.8. The van der Waals surface area contributed by atoms with Crippen LogP contribution in [-0.4, -0.2) is 17.0 Å². The van der Waals surface area contributed by atoms with Gasteiger partial charge in [0.05, 0.1) is 12.0 Å². The van der Waals surface area contributed by atoms with Gasteiger partial charge in [0.1, 0.15) is 0 Å². The van der Waals surface area contributed by atoms with Crippen molar-refractivity contribution in [2.75, 3.05) is 0 Å². The summed E-state index contributed by atoms with van der Waals surface area (Å²) in [7, 11) is 0. The van der Waals surface area contributed by atoms with Crippen LogP contribution in [0.2, 0.25) is 0 Å². The second-order valence-electron chi connectivity index (χ2n) is 4.80. The molecule has 2 heteroatoms. The highest BCUT2D eigenvalue weighted by Crippen LogP contribution is 2.28. The van der Waals surface area contributed by atoms with Crippen molar-refractivity contribution in [1.82, 2.24) is 0 Å². The molecule has 2 unspecified atom stereocenters. The van der Waals surface area contributed by atoms with Crippen molar-refractivity contribution < 1.29 is 9.90 Å². The molecule has 0 aromatic rings. The fourth-order valence-corrected chi connectivity index (χ4v) is 2.23. The van der Waals surface area contributed by atoms with E-state index in [9.17, 15) is 9.90 Å². The van der Waals surface area contributed by atoms with E-state index >= 15 is 0 Å². The molecule has 0 spiro atoms. The highest BCUT2D eigenvalue weighted by Gasteiger charge is 2.29. The second-order valence-corrected chi connectivity index (χ2v) is 4.80. The third-order valence-electron chi connectivity index (χ3n) is 3.19. The van der Waals surface area contributed by atoms with E-state index in [1.54, 1.807) is 12.2 Å². The fourth-order valence-electron chi connectivity index (χ4n) is 2.23. The standard InChI is InChI=1S/C16H24O2/c1-3-5-6-7-8-10-15(17)14-11-13(9-4-2)12-16(14)18/h5-6,8,10,12,14-15,17H,3-4,7,9,11H2,1-2H3/b6-5-,10-8+. The first-order chi connectivity index (χ1) is 8.69. The molecule has 0 amide bonds. The summed E-state index contributed by atoms with van der Waals surface area (Å²) in [6.45, 7) is 4.20. The zero-order valence-electron chi connectivity index (χ0n) is 11.4. The van der Waals surface area contributed by atoms with E-state index in [1.807, 2.05) is 6.08 Å². The Bertz CT molecular complexity index is 350. The molecule has 1 aliphatic carbocycles. The first kappa shape index (κ1) is 14.9. The van der Waals surface area contributed by atoms with Gasteiger partial charge in [-0.1, -0.05) is 50.1 Å². The lowest BCUT2D eigenvalue weighted by molar-refractivity contribution is -0.119. The Kier molecular flexibility index (Phi) is 6.66. The van der Waals surface area contributed by atoms with Gasteiger partial charge in [-0.2, -0.15) is 0 Å². The minimum Gasteiger partial charge on any atom is -0.388 e. The smallest absolute Gasteiger partial charge is 0.161 e. The summed E-state index contributed by atoms with van der Waals surface area (Å²) in [5.74, 6) is -0.169. The van der Waals surface area contributed by atoms with Crippen molar-refractivity contribution in [2.45, 2.75) is 52.1 Å². The Hall–Kier alpha value is -1.15. The topological polar surface area (TPSA) is 37.3 Å². The third kappa shape index (κ3) is 4.61. The summed E-state index contributed by atoms with van der Waals surface area (Å²) >= 11 is 0. The maximum Gasteiger partial charge on any atom is 0.161 e. The van der Waals surface area contributed by atoms with Crippen molar-refractivity contribution in [3.05, 3.63) is 36.0 Å². The molecule has 1 N–H and O–H groups in total. The maximum atomic E-state index is 11.8. The van der Waals surface area contributed by atoms with E-state index in [1.165, 1.54) is 5.57 Å². The highest BCUT2D eigenvalue weighted by atomic mass is 16.3. The largest absolute Gasteiger partial charge is 0.388 e. The molecule has 0 fully saturated rings. The van der Waals surface area contributed by atoms with Crippen molar-refractivity contribution in [3.63, 3.8) is 0 Å². The monoisotopic (exact) mass is 248 g/mol. The first-order valence-electron chi connectivity index (χ1n) is 6.92. The molecule has 0 radical (unpaired) electrons. The molecular formula is C16H24O2. The quantitative estimate of drug-likeness (QED) is 0.699. The van der Waals surface area contributed by atoms with Crippen LogP contribution >= 0.6 is 0 Å². The van der Waals surface area contributed by atoms with Crippen LogP contribution in [0.3, 0.4) is 0 Å². The molecule has 0 aromatic heterocycles. The third-order valence-corrected chi connectivity index (χ3v) is 3.19. The Morgan fingerprint density at radius 2 is 2.17 bits per heavy atom. The van der Waals surface area contributed by atoms with Gasteiger partial charge in [0.2, 0.25) is 0 Å². The molecule has 0 bridgehead atoms. The average molecular weight is 248 g/mol. The average Bonchev–Trinajstić information content (AvgIpc) is 2.70. The number of allylic oxidation sites excluding steroid dienone is 5. The lowest BCUT2D eigenvalue weighted by Crippen LogP contribution is -2.22. The summed E-state index contributed by atoms with van der Waals surface area (Å²) in [5.41, 5.74) is 1.19. The number of hydrogen-bond donors (Lipinski definition) is 1. The molecule has 0 saturated heterocycles. The molecule has 2 nitrogen and oxygen atoms in total. The van der Waals surface area contributed by atoms with Crippen LogP contribution in [0.15, 0.2) is 36.0 Å². The fraction of sp³-hybridized carbons (Fsp3) is 0.562. The van der Waals surface area contributed by atoms with E-state index in [4.69, 9.17) is 0 Å². The molecule has 0 heterocycles. The number of aliphatic hydroxyl groups is 1. The van der Waals surface area contributed by atoms with Gasteiger partial charge >= 0.3 is 0 Å². The molecule has 1 rings (SSSR count). The molecule has 1 aliphatic rings. The summed E-state index contributed by atoms with van der Waals surface area (Å²) in [5, 5.41) is 10.00. The van der Waals surface area contributed by atoms with Crippen LogP contribution in [0, 0.1) is 5.92 Å². The predicted octanol–water partition coefficient (Wildman–Crippen LogP) is 3.58. The minimum absolute atomic E-state index is 0.0831. The van der Waals surface area contributed by atoms with Crippen molar-refractivity contribution in [2.24, 2.45) is 5.92 Å². The van der Waals surface area contributed by atoms with E-state index in [0.29, 0.717) is 0 Å². The van der Waals surface area contributed by atoms with Crippen LogP contribution in [0.1, 0.15) is 46.0 Å². The number of aliphatic hydroxyl groups excluding tert-OH is 1. The van der Waals surface area contributed by atoms with Crippen LogP contribution in [0.4, 0.5) is 0 Å². The van der Waals surface area contributed by atoms with Gasteiger partial charge in [0.25, 0.3) is 0 Å². The Labute approximate surface area is 110 Å². The first-order valence-corrected chi connectivity index (χ1v) is 6.92. The lowest BCUT2D eigenvalue weighted by atomic mass is 9.96. The number of hydrogen-bond acceptors (Lipinski definition) is 2. The van der Waals surface area contributed by atoms with Crippen LogP contribution in [0.25, 0.3) is 0 Å². The zero-order chi connectivity index (χ0) is 13.4. The van der Waals surface area contributed by atoms with Crippen molar-refractivity contribution in [3.8, 4) is 0 Å². The van der Waals surface area contributed by atoms with Gasteiger partial charge in [-0.3, -0.25) is 4.79 Å². The number of carbonyl (C=O) groups is 1. The van der Waals surface area contributed by atoms with Gasteiger partial charge in [-0.15, -0.1) is 0 Å². The Morgan fingerprint density at radius 1 is 1.39 bits per heavy atom. The van der Waals surface area contributed by atoms with Crippen LogP contribution in [-0.2, 0) is 4.79 Å². The van der Waals surface area contributed by atoms with E-state index in [0.717, 1.165) is 32.1 Å². The Morgan fingerprint density at radius 3 is 2.83 bits per heavy atom. The van der Waals surface area contributed by atoms with Crippen LogP contribution in [0.5, 0.6) is 0 Å². The predicted molar refractivity (Wildman–Crippen MR) is 75.3 cm³/mol. The minimum atomic E-state index is -0.641. The molecule has 18 heavy (non-hydrogen) atoms. The van der Waals surface area contributed by atoms with Gasteiger partial charge in [-0.05, 0) is 31.8 Å². The maximum absolute atomic E-state index is 11.8. The van der Waals surface area contributed by atoms with Gasteiger partial charge in [-0.25, -0.2) is 0 Å². The normalized spacial score (nSPS) is 22.1. The summed E-state index contributed by atoms with van der Waals surface area (Å²) in [6.07, 6.45) is 13.5. The van der Waals surface area contributed by atoms with Crippen molar-refractivity contribution >= 4 is 5.78 Å². The van der Waals surface area contributed by atoms with Gasteiger partial charge < -0.3 is 5.11 Å². The molecule has 2 atom stereocenters.